The van der Waals surface area contributed by atoms with Gasteiger partial charge in [0, 0.05) is 45.7 Å². The van der Waals surface area contributed by atoms with Crippen molar-refractivity contribution in [2.24, 2.45) is 0 Å². The highest BCUT2D eigenvalue weighted by atomic mass is 35.5. The first-order valence-electron chi connectivity index (χ1n) is 12.0. The highest BCUT2D eigenvalue weighted by Gasteiger charge is 2.52. The van der Waals surface area contributed by atoms with Crippen LogP contribution >= 0.6 is 23.2 Å². The van der Waals surface area contributed by atoms with E-state index in [0.717, 1.165) is 12.8 Å². The van der Waals surface area contributed by atoms with Crippen molar-refractivity contribution < 1.29 is 22.1 Å². The van der Waals surface area contributed by atoms with E-state index in [0.29, 0.717) is 58.6 Å². The number of benzene rings is 2. The van der Waals surface area contributed by atoms with Crippen molar-refractivity contribution in [3.63, 3.8) is 0 Å². The smallest absolute Gasteiger partial charge is 0.321 e. The monoisotopic (exact) mass is 566 g/mol. The van der Waals surface area contributed by atoms with Crippen LogP contribution in [-0.2, 0) is 15.3 Å². The summed E-state index contributed by atoms with van der Waals surface area (Å²) in [6.45, 7) is 2.35. The second-order valence-corrected chi connectivity index (χ2v) is 12.8. The largest absolute Gasteiger partial charge is 0.334 e. The zero-order valence-corrected chi connectivity index (χ0v) is 22.3. The van der Waals surface area contributed by atoms with Crippen LogP contribution in [0.15, 0.2) is 40.9 Å². The lowest BCUT2D eigenvalue weighted by Gasteiger charge is -2.31. The number of piperidine rings is 1. The quantitative estimate of drug-likeness (QED) is 0.410. The first-order chi connectivity index (χ1) is 17.6. The van der Waals surface area contributed by atoms with E-state index in [4.69, 9.17) is 27.7 Å². The number of aromatic nitrogens is 2. The molecule has 8 nitrogen and oxygen atoms in total. The maximum Gasteiger partial charge on any atom is 0.321 e. The summed E-state index contributed by atoms with van der Waals surface area (Å²) in [5.41, 5.74) is 1.09. The van der Waals surface area contributed by atoms with Crippen molar-refractivity contribution in [2.45, 2.75) is 43.3 Å². The van der Waals surface area contributed by atoms with Gasteiger partial charge in [0.25, 0.3) is 5.89 Å². The minimum absolute atomic E-state index is 0.103. The lowest BCUT2D eigenvalue weighted by Crippen LogP contribution is -2.44. The average Bonchev–Trinajstić information content (AvgIpc) is 3.50. The predicted molar refractivity (Wildman–Crippen MR) is 139 cm³/mol. The zero-order valence-electron chi connectivity index (χ0n) is 20.0. The third-order valence-electron chi connectivity index (χ3n) is 7.11. The molecule has 12 heteroatoms. The van der Waals surface area contributed by atoms with Gasteiger partial charge in [-0.2, -0.15) is 4.98 Å². The van der Waals surface area contributed by atoms with E-state index in [2.05, 4.69) is 15.5 Å². The number of carbonyl (C=O) groups is 1. The van der Waals surface area contributed by atoms with Crippen molar-refractivity contribution in [3.8, 4) is 11.5 Å². The predicted octanol–water partition coefficient (Wildman–Crippen LogP) is 5.69. The summed E-state index contributed by atoms with van der Waals surface area (Å²) in [5.74, 6) is 0.457. The fraction of sp³-hybridized carbons (Fsp3) is 0.400. The highest BCUT2D eigenvalue weighted by Crippen LogP contribution is 2.57. The number of carbonyl (C=O) groups excluding carboxylic acids is 1. The van der Waals surface area contributed by atoms with Crippen molar-refractivity contribution in [3.05, 3.63) is 63.6 Å². The van der Waals surface area contributed by atoms with E-state index >= 15 is 0 Å². The Bertz CT molecular complexity index is 1410. The number of anilines is 1. The Kier molecular flexibility index (Phi) is 6.93. The van der Waals surface area contributed by atoms with Gasteiger partial charge in [0.1, 0.15) is 5.82 Å². The molecule has 1 aromatic heterocycles. The molecule has 1 saturated carbocycles. The molecule has 2 aromatic carbocycles. The van der Waals surface area contributed by atoms with E-state index in [1.165, 1.54) is 12.1 Å². The molecule has 0 spiro atoms. The maximum absolute atomic E-state index is 13.3. The number of nitrogens with one attached hydrogen (secondary N) is 1. The van der Waals surface area contributed by atoms with E-state index < -0.39 is 20.5 Å². The van der Waals surface area contributed by atoms with Crippen LogP contribution < -0.4 is 5.32 Å². The fourth-order valence-corrected chi connectivity index (χ4v) is 7.05. The number of hydrogen-bond donors (Lipinski definition) is 1. The van der Waals surface area contributed by atoms with Crippen LogP contribution in [0.3, 0.4) is 0 Å². The number of hydrogen-bond acceptors (Lipinski definition) is 6. The van der Waals surface area contributed by atoms with Crippen molar-refractivity contribution in [2.75, 3.05) is 24.2 Å². The Hall–Kier alpha value is -2.69. The van der Waals surface area contributed by atoms with E-state index in [1.807, 2.05) is 0 Å². The van der Waals surface area contributed by atoms with Gasteiger partial charge >= 0.3 is 6.03 Å². The molecule has 0 bridgehead atoms. The molecule has 196 valence electrons. The molecule has 1 N–H and O–H groups in total. The number of nitrogens with zero attached hydrogens (tertiary/aromatic N) is 3. The molecule has 0 radical (unpaired) electrons. The summed E-state index contributed by atoms with van der Waals surface area (Å²) in [6.07, 6.45) is 2.26. The average molecular weight is 567 g/mol. The topological polar surface area (TPSA) is 105 Å². The Morgan fingerprint density at radius 2 is 1.78 bits per heavy atom. The Labute approximate surface area is 224 Å². The normalized spacial score (nSPS) is 17.6. The molecule has 5 rings (SSSR count). The van der Waals surface area contributed by atoms with Crippen molar-refractivity contribution >= 4 is 44.8 Å². The highest BCUT2D eigenvalue weighted by molar-refractivity contribution is 7.92. The molecule has 2 aliphatic rings. The van der Waals surface area contributed by atoms with E-state index in [9.17, 15) is 17.6 Å². The first-order valence-corrected chi connectivity index (χ1v) is 14.5. The maximum atomic E-state index is 13.3. The third-order valence-corrected chi connectivity index (χ3v) is 9.99. The van der Waals surface area contributed by atoms with Gasteiger partial charge in [0.05, 0.1) is 10.7 Å². The van der Waals surface area contributed by atoms with Crippen LogP contribution in [-0.4, -0.2) is 53.6 Å². The van der Waals surface area contributed by atoms with Gasteiger partial charge in [-0.1, -0.05) is 35.3 Å². The van der Waals surface area contributed by atoms with Crippen LogP contribution in [0, 0.1) is 5.82 Å². The molecule has 2 amide bonds. The SMILES string of the molecule is CCS(=O)(=O)C1CCN(C(=O)Nc2cc(Cl)c(C3(c4noc(-c5ccc(F)cc5)n4)CC3)c(Cl)c2)CC1. The first kappa shape index (κ1) is 25.9. The standard InChI is InChI=1S/C25H25Cl2FN4O4S/c1-2-37(34,35)18-7-11-32(12-8-18)24(33)29-17-13-19(26)21(20(27)14-17)25(9-10-25)23-30-22(36-31-23)15-3-5-16(28)6-4-15/h3-6,13-14,18H,2,7-12H2,1H3,(H,29,33). The Morgan fingerprint density at radius 3 is 2.35 bits per heavy atom. The summed E-state index contributed by atoms with van der Waals surface area (Å²) in [4.78, 5) is 18.9. The third kappa shape index (κ3) is 5.06. The number of rotatable bonds is 6. The molecule has 0 unspecified atom stereocenters. The van der Waals surface area contributed by atoms with Crippen LogP contribution in [0.5, 0.6) is 0 Å². The van der Waals surface area contributed by atoms with Crippen LogP contribution in [0.4, 0.5) is 14.9 Å². The van der Waals surface area contributed by atoms with Gasteiger partial charge < -0.3 is 14.7 Å². The van der Waals surface area contributed by atoms with Crippen LogP contribution in [0.25, 0.3) is 11.5 Å². The van der Waals surface area contributed by atoms with Gasteiger partial charge in [0.15, 0.2) is 15.7 Å². The summed E-state index contributed by atoms with van der Waals surface area (Å²) >= 11 is 13.3. The number of sulfone groups is 1. The molecular weight excluding hydrogens is 542 g/mol. The molecule has 1 saturated heterocycles. The lowest BCUT2D eigenvalue weighted by molar-refractivity contribution is 0.200. The van der Waals surface area contributed by atoms with Gasteiger partial charge in [-0.25, -0.2) is 17.6 Å². The molecular formula is C25H25Cl2FN4O4S. The second-order valence-electron chi connectivity index (χ2n) is 9.40. The van der Waals surface area contributed by atoms with Crippen LogP contribution in [0.1, 0.15) is 44.0 Å². The molecule has 1 aliphatic heterocycles. The van der Waals surface area contributed by atoms with Gasteiger partial charge in [-0.15, -0.1) is 0 Å². The summed E-state index contributed by atoms with van der Waals surface area (Å²) in [5, 5.41) is 7.29. The van der Waals surface area contributed by atoms with E-state index in [-0.39, 0.29) is 23.5 Å². The van der Waals surface area contributed by atoms with Gasteiger partial charge in [-0.05, 0) is 62.1 Å². The Balaban J connectivity index is 1.31. The van der Waals surface area contributed by atoms with Crippen molar-refractivity contribution in [1.82, 2.24) is 15.0 Å². The summed E-state index contributed by atoms with van der Waals surface area (Å²) in [7, 11) is -3.12. The van der Waals surface area contributed by atoms with Crippen LogP contribution in [0.2, 0.25) is 10.0 Å². The zero-order chi connectivity index (χ0) is 26.4. The molecule has 1 aliphatic carbocycles. The van der Waals surface area contributed by atoms with Crippen molar-refractivity contribution in [1.29, 1.82) is 0 Å². The van der Waals surface area contributed by atoms with E-state index in [1.54, 1.807) is 36.1 Å². The lowest BCUT2D eigenvalue weighted by atomic mass is 9.94. The van der Waals surface area contributed by atoms with Gasteiger partial charge in [0.2, 0.25) is 0 Å². The number of halogens is 3. The molecule has 0 atom stereocenters. The second kappa shape index (κ2) is 9.89. The number of likely N-dealkylation sites (tertiary alicyclic amines) is 1. The minimum atomic E-state index is -3.12. The number of amides is 2. The molecule has 3 aromatic rings. The number of urea groups is 1. The molecule has 2 fully saturated rings. The summed E-state index contributed by atoms with van der Waals surface area (Å²) < 4.78 is 42.9. The molecule has 2 heterocycles. The minimum Gasteiger partial charge on any atom is -0.334 e. The summed E-state index contributed by atoms with van der Waals surface area (Å²) in [6, 6.07) is 8.70. The molecule has 37 heavy (non-hydrogen) atoms. The Morgan fingerprint density at radius 1 is 1.16 bits per heavy atom. The van der Waals surface area contributed by atoms with Gasteiger partial charge in [-0.3, -0.25) is 0 Å². The fourth-order valence-electron chi connectivity index (χ4n) is 4.80.